The number of nitrogens with two attached hydrogens (primary N) is 1. The van der Waals surface area contributed by atoms with Gasteiger partial charge in [0.2, 0.25) is 5.91 Å². The quantitative estimate of drug-likeness (QED) is 0.320. The van der Waals surface area contributed by atoms with Gasteiger partial charge in [-0.3, -0.25) is 9.59 Å². The first kappa shape index (κ1) is 27.1. The molecule has 4 N–H and O–H groups in total. The van der Waals surface area contributed by atoms with E-state index in [9.17, 15) is 19.8 Å². The highest BCUT2D eigenvalue weighted by Gasteiger charge is 2.28. The van der Waals surface area contributed by atoms with E-state index < -0.39 is 11.3 Å². The number of phenols is 2. The van der Waals surface area contributed by atoms with Gasteiger partial charge < -0.3 is 30.3 Å². The van der Waals surface area contributed by atoms with Gasteiger partial charge in [0, 0.05) is 44.0 Å². The molecule has 0 aliphatic rings. The van der Waals surface area contributed by atoms with Gasteiger partial charge in [0.25, 0.3) is 0 Å². The Kier molecular flexibility index (Phi) is 9.46. The summed E-state index contributed by atoms with van der Waals surface area (Å²) in [6.07, 6.45) is 0.844. The zero-order chi connectivity index (χ0) is 25.5. The van der Waals surface area contributed by atoms with E-state index in [-0.39, 0.29) is 29.4 Å². The average Bonchev–Trinajstić information content (AvgIpc) is 2.77. The molecule has 0 aromatic heterocycles. The fourth-order valence-electron chi connectivity index (χ4n) is 3.93. The number of ketones is 1. The zero-order valence-corrected chi connectivity index (χ0v) is 20.7. The largest absolute Gasteiger partial charge is 0.508 e. The lowest BCUT2D eigenvalue weighted by Gasteiger charge is -2.30. The molecule has 1 amide bonds. The van der Waals surface area contributed by atoms with Gasteiger partial charge in [-0.05, 0) is 62.1 Å². The SMILES string of the molecule is CCc1c(O)cc(O)c(C(=O)c2ccc(OC)cc2)c1CC(=O)N(CCCOC)CC(C)(C)N. The van der Waals surface area contributed by atoms with Crippen LogP contribution < -0.4 is 10.5 Å². The molecule has 0 unspecified atom stereocenters. The summed E-state index contributed by atoms with van der Waals surface area (Å²) in [5, 5.41) is 21.1. The van der Waals surface area contributed by atoms with Gasteiger partial charge in [0.15, 0.2) is 5.78 Å². The number of aromatic hydroxyl groups is 2. The Hall–Kier alpha value is -3.10. The molecule has 0 fully saturated rings. The Bertz CT molecular complexity index is 996. The highest BCUT2D eigenvalue weighted by Crippen LogP contribution is 2.35. The predicted molar refractivity (Wildman–Crippen MR) is 131 cm³/mol. The minimum absolute atomic E-state index is 0.0111. The number of benzene rings is 2. The predicted octanol–water partition coefficient (Wildman–Crippen LogP) is 3.04. The second-order valence-corrected chi connectivity index (χ2v) is 8.99. The molecule has 0 radical (unpaired) electrons. The van der Waals surface area contributed by atoms with Gasteiger partial charge in [0.1, 0.15) is 17.2 Å². The van der Waals surface area contributed by atoms with Crippen molar-refractivity contribution in [2.45, 2.75) is 45.6 Å². The third kappa shape index (κ3) is 6.95. The molecular formula is C26H36N2O6. The van der Waals surface area contributed by atoms with E-state index >= 15 is 0 Å². The first-order chi connectivity index (χ1) is 16.0. The van der Waals surface area contributed by atoms with Gasteiger partial charge in [-0.25, -0.2) is 0 Å². The first-order valence-electron chi connectivity index (χ1n) is 11.3. The van der Waals surface area contributed by atoms with E-state index in [1.54, 1.807) is 36.3 Å². The summed E-state index contributed by atoms with van der Waals surface area (Å²) >= 11 is 0. The van der Waals surface area contributed by atoms with Gasteiger partial charge in [0.05, 0.1) is 19.1 Å². The monoisotopic (exact) mass is 472 g/mol. The highest BCUT2D eigenvalue weighted by molar-refractivity contribution is 6.12. The average molecular weight is 473 g/mol. The summed E-state index contributed by atoms with van der Waals surface area (Å²) in [6, 6.07) is 7.65. The number of amides is 1. The first-order valence-corrected chi connectivity index (χ1v) is 11.3. The number of rotatable bonds is 12. The van der Waals surface area contributed by atoms with Crippen LogP contribution in [-0.4, -0.2) is 66.3 Å². The molecular weight excluding hydrogens is 436 g/mol. The third-order valence-corrected chi connectivity index (χ3v) is 5.49. The number of hydrogen-bond donors (Lipinski definition) is 3. The van der Waals surface area contributed by atoms with E-state index in [1.807, 2.05) is 20.8 Å². The molecule has 2 rings (SSSR count). The van der Waals surface area contributed by atoms with Crippen molar-refractivity contribution in [3.63, 3.8) is 0 Å². The second kappa shape index (κ2) is 11.9. The van der Waals surface area contributed by atoms with Crippen molar-refractivity contribution in [2.24, 2.45) is 5.73 Å². The van der Waals surface area contributed by atoms with E-state index in [4.69, 9.17) is 15.2 Å². The molecule has 0 saturated heterocycles. The summed E-state index contributed by atoms with van der Waals surface area (Å²) in [4.78, 5) is 28.5. The summed E-state index contributed by atoms with van der Waals surface area (Å²) in [6.45, 7) is 6.72. The smallest absolute Gasteiger partial charge is 0.227 e. The Labute approximate surface area is 201 Å². The lowest BCUT2D eigenvalue weighted by molar-refractivity contribution is -0.131. The molecule has 8 nitrogen and oxygen atoms in total. The van der Waals surface area contributed by atoms with Crippen LogP contribution in [-0.2, 0) is 22.4 Å². The van der Waals surface area contributed by atoms with Crippen molar-refractivity contribution in [2.75, 3.05) is 33.9 Å². The summed E-state index contributed by atoms with van der Waals surface area (Å²) in [7, 11) is 3.13. The summed E-state index contributed by atoms with van der Waals surface area (Å²) in [5.74, 6) is -0.629. The highest BCUT2D eigenvalue weighted by atomic mass is 16.5. The van der Waals surface area contributed by atoms with Gasteiger partial charge in [-0.15, -0.1) is 0 Å². The number of nitrogens with zero attached hydrogens (tertiary/aromatic N) is 1. The fraction of sp³-hybridized carbons (Fsp3) is 0.462. The zero-order valence-electron chi connectivity index (χ0n) is 20.7. The molecule has 2 aromatic carbocycles. The van der Waals surface area contributed by atoms with Crippen LogP contribution in [0.1, 0.15) is 54.2 Å². The number of carbonyl (C=O) groups excluding carboxylic acids is 2. The van der Waals surface area contributed by atoms with Crippen molar-refractivity contribution < 1.29 is 29.3 Å². The molecule has 0 bridgehead atoms. The molecule has 0 aliphatic heterocycles. The standard InChI is InChI=1S/C26H36N2O6/c1-6-19-20(14-23(31)28(12-7-13-33-4)16-26(2,3)27)24(22(30)15-21(19)29)25(32)17-8-10-18(34-5)11-9-17/h8-11,15,29-30H,6-7,12-14,16,27H2,1-5H3. The lowest BCUT2D eigenvalue weighted by Crippen LogP contribution is -2.48. The minimum Gasteiger partial charge on any atom is -0.508 e. The fourth-order valence-corrected chi connectivity index (χ4v) is 3.93. The van der Waals surface area contributed by atoms with Gasteiger partial charge >= 0.3 is 0 Å². The van der Waals surface area contributed by atoms with Crippen molar-refractivity contribution in [3.05, 3.63) is 52.6 Å². The Morgan fingerprint density at radius 3 is 2.24 bits per heavy atom. The molecule has 0 spiro atoms. The van der Waals surface area contributed by atoms with Crippen molar-refractivity contribution in [1.82, 2.24) is 4.90 Å². The Morgan fingerprint density at radius 2 is 1.71 bits per heavy atom. The molecule has 0 heterocycles. The van der Waals surface area contributed by atoms with Crippen molar-refractivity contribution in [1.29, 1.82) is 0 Å². The van der Waals surface area contributed by atoms with Crippen LogP contribution in [0.25, 0.3) is 0 Å². The molecule has 0 saturated carbocycles. The molecule has 34 heavy (non-hydrogen) atoms. The summed E-state index contributed by atoms with van der Waals surface area (Å²) in [5.41, 5.74) is 6.67. The Morgan fingerprint density at radius 1 is 1.06 bits per heavy atom. The molecule has 2 aromatic rings. The van der Waals surface area contributed by atoms with Crippen LogP contribution in [0.15, 0.2) is 30.3 Å². The van der Waals surface area contributed by atoms with E-state index in [1.165, 1.54) is 7.11 Å². The maximum Gasteiger partial charge on any atom is 0.227 e. The second-order valence-electron chi connectivity index (χ2n) is 8.99. The van der Waals surface area contributed by atoms with Crippen LogP contribution in [0.5, 0.6) is 17.2 Å². The Balaban J connectivity index is 2.50. The number of hydrogen-bond acceptors (Lipinski definition) is 7. The number of carbonyl (C=O) groups is 2. The minimum atomic E-state index is -0.626. The van der Waals surface area contributed by atoms with Crippen LogP contribution in [0.4, 0.5) is 0 Å². The third-order valence-electron chi connectivity index (χ3n) is 5.49. The van der Waals surface area contributed by atoms with Crippen LogP contribution in [0.3, 0.4) is 0 Å². The van der Waals surface area contributed by atoms with E-state index in [0.29, 0.717) is 55.0 Å². The molecule has 0 aliphatic carbocycles. The van der Waals surface area contributed by atoms with Crippen molar-refractivity contribution >= 4 is 11.7 Å². The normalized spacial score (nSPS) is 11.4. The number of methoxy groups -OCH3 is 2. The molecule has 186 valence electrons. The van der Waals surface area contributed by atoms with E-state index in [0.717, 1.165) is 6.07 Å². The van der Waals surface area contributed by atoms with Gasteiger partial charge in [-0.2, -0.15) is 0 Å². The molecule has 0 atom stereocenters. The van der Waals surface area contributed by atoms with Crippen molar-refractivity contribution in [3.8, 4) is 17.2 Å². The van der Waals surface area contributed by atoms with E-state index in [2.05, 4.69) is 0 Å². The van der Waals surface area contributed by atoms with Crippen LogP contribution >= 0.6 is 0 Å². The summed E-state index contributed by atoms with van der Waals surface area (Å²) < 4.78 is 10.3. The molecule has 8 heteroatoms. The topological polar surface area (TPSA) is 122 Å². The number of phenolic OH excluding ortho intramolecular Hbond substituents is 2. The van der Waals surface area contributed by atoms with Crippen LogP contribution in [0.2, 0.25) is 0 Å². The number of ether oxygens (including phenoxy) is 2. The van der Waals surface area contributed by atoms with Crippen LogP contribution in [0, 0.1) is 0 Å². The lowest BCUT2D eigenvalue weighted by atomic mass is 9.89. The van der Waals surface area contributed by atoms with Gasteiger partial charge in [-0.1, -0.05) is 6.92 Å². The maximum atomic E-state index is 13.4. The maximum absolute atomic E-state index is 13.4.